The van der Waals surface area contributed by atoms with E-state index < -0.39 is 6.03 Å². The SMILES string of the molecule is CC(=NNC(N)=O)c1ccc2ccccc2c1O. The molecule has 0 aliphatic carbocycles. The summed E-state index contributed by atoms with van der Waals surface area (Å²) < 4.78 is 0. The minimum absolute atomic E-state index is 0.139. The number of nitrogens with one attached hydrogen (secondary N) is 1. The largest absolute Gasteiger partial charge is 0.507 e. The van der Waals surface area contributed by atoms with Gasteiger partial charge in [0.05, 0.1) is 5.71 Å². The van der Waals surface area contributed by atoms with Gasteiger partial charge in [-0.2, -0.15) is 5.10 Å². The van der Waals surface area contributed by atoms with Gasteiger partial charge in [-0.25, -0.2) is 10.2 Å². The average Bonchev–Trinajstić information content (AvgIpc) is 2.37. The molecular formula is C13H13N3O2. The van der Waals surface area contributed by atoms with Crippen LogP contribution in [-0.2, 0) is 0 Å². The second kappa shape index (κ2) is 4.75. The Morgan fingerprint density at radius 3 is 2.72 bits per heavy atom. The van der Waals surface area contributed by atoms with E-state index in [-0.39, 0.29) is 5.75 Å². The molecule has 2 aromatic carbocycles. The van der Waals surface area contributed by atoms with Gasteiger partial charge < -0.3 is 10.8 Å². The molecule has 0 atom stereocenters. The molecule has 0 fully saturated rings. The van der Waals surface area contributed by atoms with Crippen molar-refractivity contribution in [1.82, 2.24) is 5.43 Å². The zero-order chi connectivity index (χ0) is 13.1. The maximum atomic E-state index is 10.6. The molecule has 0 saturated carbocycles. The van der Waals surface area contributed by atoms with Crippen LogP contribution in [0.5, 0.6) is 5.75 Å². The molecule has 5 nitrogen and oxygen atoms in total. The van der Waals surface area contributed by atoms with E-state index in [1.54, 1.807) is 13.0 Å². The third-order valence-electron chi connectivity index (χ3n) is 2.62. The lowest BCUT2D eigenvalue weighted by Gasteiger charge is -2.07. The first-order valence-electron chi connectivity index (χ1n) is 5.40. The van der Waals surface area contributed by atoms with Crippen molar-refractivity contribution in [2.24, 2.45) is 10.8 Å². The number of benzene rings is 2. The zero-order valence-corrected chi connectivity index (χ0v) is 9.84. The summed E-state index contributed by atoms with van der Waals surface area (Å²) in [4.78, 5) is 10.6. The van der Waals surface area contributed by atoms with Gasteiger partial charge in [-0.05, 0) is 18.4 Å². The Labute approximate surface area is 104 Å². The number of hydrogen-bond donors (Lipinski definition) is 3. The van der Waals surface area contributed by atoms with Crippen LogP contribution in [0.2, 0.25) is 0 Å². The van der Waals surface area contributed by atoms with E-state index in [2.05, 4.69) is 10.5 Å². The third kappa shape index (κ3) is 2.24. The molecule has 2 aromatic rings. The van der Waals surface area contributed by atoms with Crippen LogP contribution in [0, 0.1) is 0 Å². The molecule has 2 amide bonds. The van der Waals surface area contributed by atoms with Gasteiger partial charge in [0, 0.05) is 10.9 Å². The highest BCUT2D eigenvalue weighted by atomic mass is 16.3. The van der Waals surface area contributed by atoms with Crippen molar-refractivity contribution in [2.75, 3.05) is 0 Å². The first-order chi connectivity index (χ1) is 8.59. The first kappa shape index (κ1) is 11.9. The van der Waals surface area contributed by atoms with Gasteiger partial charge in [0.2, 0.25) is 0 Å². The van der Waals surface area contributed by atoms with E-state index in [1.807, 2.05) is 30.3 Å². The number of urea groups is 1. The zero-order valence-electron chi connectivity index (χ0n) is 9.84. The normalized spacial score (nSPS) is 11.5. The van der Waals surface area contributed by atoms with Gasteiger partial charge in [0.25, 0.3) is 0 Å². The molecule has 0 aliphatic heterocycles. The summed E-state index contributed by atoms with van der Waals surface area (Å²) in [5, 5.41) is 15.6. The van der Waals surface area contributed by atoms with Crippen molar-refractivity contribution in [3.63, 3.8) is 0 Å². The van der Waals surface area contributed by atoms with Crippen molar-refractivity contribution >= 4 is 22.5 Å². The fourth-order valence-electron chi connectivity index (χ4n) is 1.75. The Morgan fingerprint density at radius 1 is 1.28 bits per heavy atom. The maximum absolute atomic E-state index is 10.6. The number of amides is 2. The number of hydrogen-bond acceptors (Lipinski definition) is 3. The number of phenols is 1. The number of fused-ring (bicyclic) bond motifs is 1. The summed E-state index contributed by atoms with van der Waals surface area (Å²) in [6.45, 7) is 1.68. The molecule has 18 heavy (non-hydrogen) atoms. The quantitative estimate of drug-likeness (QED) is 0.556. The third-order valence-corrected chi connectivity index (χ3v) is 2.62. The van der Waals surface area contributed by atoms with Crippen LogP contribution in [0.1, 0.15) is 12.5 Å². The lowest BCUT2D eigenvalue weighted by molar-refractivity contribution is 0.249. The van der Waals surface area contributed by atoms with E-state index in [0.717, 1.165) is 10.8 Å². The molecule has 0 aromatic heterocycles. The summed E-state index contributed by atoms with van der Waals surface area (Å²) in [7, 11) is 0. The highest BCUT2D eigenvalue weighted by Crippen LogP contribution is 2.28. The lowest BCUT2D eigenvalue weighted by atomic mass is 10.0. The van der Waals surface area contributed by atoms with Crippen LogP contribution in [0.15, 0.2) is 41.5 Å². The molecule has 5 heteroatoms. The molecule has 0 radical (unpaired) electrons. The van der Waals surface area contributed by atoms with Crippen molar-refractivity contribution in [1.29, 1.82) is 0 Å². The van der Waals surface area contributed by atoms with Gasteiger partial charge in [0.1, 0.15) is 5.75 Å². The molecule has 0 bridgehead atoms. The minimum atomic E-state index is -0.741. The summed E-state index contributed by atoms with van der Waals surface area (Å²) in [6.07, 6.45) is 0. The van der Waals surface area contributed by atoms with Crippen molar-refractivity contribution < 1.29 is 9.90 Å². The Kier molecular flexibility index (Phi) is 3.14. The molecular weight excluding hydrogens is 230 g/mol. The first-order valence-corrected chi connectivity index (χ1v) is 5.40. The molecule has 0 unspecified atom stereocenters. The standard InChI is InChI=1S/C13H13N3O2/c1-8(15-16-13(14)18)10-7-6-9-4-2-3-5-11(9)12(10)17/h2-7,17H,1H3,(H3,14,16,18). The number of primary amides is 1. The molecule has 0 saturated heterocycles. The van der Waals surface area contributed by atoms with Crippen LogP contribution in [0.4, 0.5) is 4.79 Å². The lowest BCUT2D eigenvalue weighted by Crippen LogP contribution is -2.25. The molecule has 2 rings (SSSR count). The van der Waals surface area contributed by atoms with Crippen molar-refractivity contribution in [2.45, 2.75) is 6.92 Å². The number of hydrazone groups is 1. The van der Waals surface area contributed by atoms with Gasteiger partial charge >= 0.3 is 6.03 Å². The Morgan fingerprint density at radius 2 is 2.00 bits per heavy atom. The van der Waals surface area contributed by atoms with Crippen molar-refractivity contribution in [3.05, 3.63) is 42.0 Å². The summed E-state index contributed by atoms with van der Waals surface area (Å²) >= 11 is 0. The number of aromatic hydroxyl groups is 1. The number of rotatable bonds is 2. The number of nitrogens with two attached hydrogens (primary N) is 1. The van der Waals surface area contributed by atoms with E-state index in [4.69, 9.17) is 5.73 Å². The Hall–Kier alpha value is -2.56. The second-order valence-electron chi connectivity index (χ2n) is 3.86. The molecule has 0 spiro atoms. The minimum Gasteiger partial charge on any atom is -0.507 e. The molecule has 92 valence electrons. The number of carbonyl (C=O) groups excluding carboxylic acids is 1. The predicted molar refractivity (Wildman–Crippen MR) is 70.5 cm³/mol. The van der Waals surface area contributed by atoms with Gasteiger partial charge in [-0.3, -0.25) is 0 Å². The fraction of sp³-hybridized carbons (Fsp3) is 0.0769. The molecule has 0 heterocycles. The smallest absolute Gasteiger partial charge is 0.332 e. The molecule has 4 N–H and O–H groups in total. The van der Waals surface area contributed by atoms with E-state index in [1.165, 1.54) is 0 Å². The predicted octanol–water partition coefficient (Wildman–Crippen LogP) is 1.94. The monoisotopic (exact) mass is 243 g/mol. The highest BCUT2D eigenvalue weighted by Gasteiger charge is 2.08. The fourth-order valence-corrected chi connectivity index (χ4v) is 1.75. The Balaban J connectivity index is 2.49. The second-order valence-corrected chi connectivity index (χ2v) is 3.86. The Bertz CT molecular complexity index is 635. The maximum Gasteiger partial charge on any atom is 0.332 e. The molecule has 0 aliphatic rings. The van der Waals surface area contributed by atoms with Crippen molar-refractivity contribution in [3.8, 4) is 5.75 Å². The van der Waals surface area contributed by atoms with Crippen LogP contribution in [0.3, 0.4) is 0 Å². The van der Waals surface area contributed by atoms with Gasteiger partial charge in [0.15, 0.2) is 0 Å². The van der Waals surface area contributed by atoms with Crippen LogP contribution < -0.4 is 11.2 Å². The van der Waals surface area contributed by atoms with Gasteiger partial charge in [-0.15, -0.1) is 0 Å². The summed E-state index contributed by atoms with van der Waals surface area (Å²) in [5.41, 5.74) is 8.10. The topological polar surface area (TPSA) is 87.7 Å². The average molecular weight is 243 g/mol. The van der Waals surface area contributed by atoms with Crippen LogP contribution in [0.25, 0.3) is 10.8 Å². The van der Waals surface area contributed by atoms with Gasteiger partial charge in [-0.1, -0.05) is 30.3 Å². The van der Waals surface area contributed by atoms with E-state index in [0.29, 0.717) is 11.3 Å². The number of phenolic OH excluding ortho intramolecular Hbond substituents is 1. The summed E-state index contributed by atoms with van der Waals surface area (Å²) in [5.74, 6) is 0.139. The number of carbonyl (C=O) groups is 1. The highest BCUT2D eigenvalue weighted by molar-refractivity contribution is 6.06. The number of nitrogens with zero attached hydrogens (tertiary/aromatic N) is 1. The summed E-state index contributed by atoms with van der Waals surface area (Å²) in [6, 6.07) is 10.4. The van der Waals surface area contributed by atoms with Crippen LogP contribution >= 0.6 is 0 Å². The van der Waals surface area contributed by atoms with E-state index >= 15 is 0 Å². The van der Waals surface area contributed by atoms with E-state index in [9.17, 15) is 9.90 Å². The van der Waals surface area contributed by atoms with Crippen LogP contribution in [-0.4, -0.2) is 16.8 Å².